The number of rotatable bonds is 4. The molecule has 1 aromatic carbocycles. The maximum atomic E-state index is 12.2. The summed E-state index contributed by atoms with van der Waals surface area (Å²) in [5.41, 5.74) is 6.86. The van der Waals surface area contributed by atoms with Crippen molar-refractivity contribution in [2.75, 3.05) is 5.32 Å². The molecular formula is C19H23N3O2. The maximum absolute atomic E-state index is 12.2. The number of carbonyl (C=O) groups is 2. The predicted molar refractivity (Wildman–Crippen MR) is 96.9 cm³/mol. The zero-order valence-corrected chi connectivity index (χ0v) is 14.3. The van der Waals surface area contributed by atoms with Crippen LogP contribution in [-0.4, -0.2) is 17.5 Å². The molecule has 0 radical (unpaired) electrons. The molecule has 0 saturated heterocycles. The van der Waals surface area contributed by atoms with Gasteiger partial charge in [-0.25, -0.2) is 5.43 Å². The molecule has 0 bridgehead atoms. The van der Waals surface area contributed by atoms with Crippen molar-refractivity contribution in [3.8, 4) is 0 Å². The number of benzene rings is 1. The molecule has 2 rings (SSSR count). The molecule has 0 aromatic heterocycles. The molecule has 1 aromatic rings. The van der Waals surface area contributed by atoms with Gasteiger partial charge in [-0.2, -0.15) is 5.10 Å². The molecular weight excluding hydrogens is 302 g/mol. The molecule has 1 unspecified atom stereocenters. The van der Waals surface area contributed by atoms with Gasteiger partial charge in [0.25, 0.3) is 5.91 Å². The molecule has 2 amide bonds. The minimum Gasteiger partial charge on any atom is -0.326 e. The van der Waals surface area contributed by atoms with Crippen LogP contribution in [0.5, 0.6) is 0 Å². The van der Waals surface area contributed by atoms with Crippen molar-refractivity contribution in [2.24, 2.45) is 11.0 Å². The van der Waals surface area contributed by atoms with E-state index < -0.39 is 0 Å². The Bertz CT molecular complexity index is 715. The van der Waals surface area contributed by atoms with E-state index in [-0.39, 0.29) is 11.8 Å². The molecule has 1 aliphatic rings. The summed E-state index contributed by atoms with van der Waals surface area (Å²) in [4.78, 5) is 23.2. The van der Waals surface area contributed by atoms with Gasteiger partial charge in [-0.15, -0.1) is 0 Å². The van der Waals surface area contributed by atoms with E-state index >= 15 is 0 Å². The number of hydrazone groups is 1. The molecule has 1 aliphatic carbocycles. The summed E-state index contributed by atoms with van der Waals surface area (Å²) in [7, 11) is 0. The predicted octanol–water partition coefficient (Wildman–Crippen LogP) is 3.66. The zero-order valence-electron chi connectivity index (χ0n) is 14.3. The van der Waals surface area contributed by atoms with Crippen molar-refractivity contribution in [3.63, 3.8) is 0 Å². The lowest BCUT2D eigenvalue weighted by molar-refractivity contribution is -0.114. The number of nitrogens with one attached hydrogen (secondary N) is 2. The van der Waals surface area contributed by atoms with Gasteiger partial charge in [0.05, 0.1) is 5.71 Å². The molecule has 0 heterocycles. The van der Waals surface area contributed by atoms with Gasteiger partial charge in [0.1, 0.15) is 0 Å². The Hall–Kier alpha value is -2.69. The largest absolute Gasteiger partial charge is 0.326 e. The highest BCUT2D eigenvalue weighted by Gasteiger charge is 2.18. The Morgan fingerprint density at radius 1 is 1.21 bits per heavy atom. The van der Waals surface area contributed by atoms with Crippen molar-refractivity contribution >= 4 is 23.2 Å². The molecule has 24 heavy (non-hydrogen) atoms. The first-order chi connectivity index (χ1) is 11.4. The van der Waals surface area contributed by atoms with Gasteiger partial charge in [-0.1, -0.05) is 18.2 Å². The molecule has 5 nitrogen and oxygen atoms in total. The second-order valence-electron chi connectivity index (χ2n) is 6.13. The minimum atomic E-state index is -0.276. The fourth-order valence-electron chi connectivity index (χ4n) is 2.51. The number of hydrogen-bond acceptors (Lipinski definition) is 3. The van der Waals surface area contributed by atoms with Crippen LogP contribution in [0.2, 0.25) is 0 Å². The van der Waals surface area contributed by atoms with Crippen molar-refractivity contribution < 1.29 is 9.59 Å². The third kappa shape index (κ3) is 4.65. The Morgan fingerprint density at radius 3 is 2.46 bits per heavy atom. The Labute approximate surface area is 142 Å². The van der Waals surface area contributed by atoms with Crippen LogP contribution in [0.15, 0.2) is 53.2 Å². The van der Waals surface area contributed by atoms with Gasteiger partial charge >= 0.3 is 0 Å². The fourth-order valence-corrected chi connectivity index (χ4v) is 2.51. The number of anilines is 1. The second kappa shape index (κ2) is 7.73. The van der Waals surface area contributed by atoms with Crippen LogP contribution in [0.4, 0.5) is 5.69 Å². The maximum Gasteiger partial charge on any atom is 0.271 e. The SMILES string of the molecule is C=C(C)C1CC=C(C)/C(=N\NC(=O)c2ccc(NC(C)=O)cc2)C1. The van der Waals surface area contributed by atoms with Crippen molar-refractivity contribution in [1.29, 1.82) is 0 Å². The van der Waals surface area contributed by atoms with Crippen LogP contribution in [0.3, 0.4) is 0 Å². The van der Waals surface area contributed by atoms with Crippen LogP contribution in [0, 0.1) is 5.92 Å². The van der Waals surface area contributed by atoms with Crippen LogP contribution in [0.25, 0.3) is 0 Å². The highest BCUT2D eigenvalue weighted by atomic mass is 16.2. The van der Waals surface area contributed by atoms with Gasteiger partial charge in [0.2, 0.25) is 5.91 Å². The summed E-state index contributed by atoms with van der Waals surface area (Å²) in [5.74, 6) is -0.0476. The van der Waals surface area contributed by atoms with Crippen LogP contribution >= 0.6 is 0 Å². The van der Waals surface area contributed by atoms with Crippen LogP contribution in [0.1, 0.15) is 44.0 Å². The van der Waals surface area contributed by atoms with E-state index in [1.165, 1.54) is 6.92 Å². The first-order valence-electron chi connectivity index (χ1n) is 7.94. The van der Waals surface area contributed by atoms with Gasteiger partial charge in [-0.3, -0.25) is 9.59 Å². The van der Waals surface area contributed by atoms with E-state index in [1.807, 2.05) is 13.8 Å². The number of nitrogens with zero attached hydrogens (tertiary/aromatic N) is 1. The smallest absolute Gasteiger partial charge is 0.271 e. The van der Waals surface area contributed by atoms with Gasteiger partial charge in [-0.05, 0) is 62.4 Å². The van der Waals surface area contributed by atoms with E-state index in [0.29, 0.717) is 17.2 Å². The summed E-state index contributed by atoms with van der Waals surface area (Å²) in [6.07, 6.45) is 3.90. The van der Waals surface area contributed by atoms with Gasteiger partial charge in [0.15, 0.2) is 0 Å². The molecule has 2 N–H and O–H groups in total. The fraction of sp³-hybridized carbons (Fsp3) is 0.316. The van der Waals surface area contributed by atoms with E-state index in [9.17, 15) is 9.59 Å². The van der Waals surface area contributed by atoms with E-state index in [1.54, 1.807) is 24.3 Å². The first kappa shape index (κ1) is 17.7. The number of hydrogen-bond donors (Lipinski definition) is 2. The average Bonchev–Trinajstić information content (AvgIpc) is 2.53. The normalized spacial score (nSPS) is 18.7. The molecule has 0 saturated carbocycles. The van der Waals surface area contributed by atoms with Gasteiger partial charge < -0.3 is 5.32 Å². The Morgan fingerprint density at radius 2 is 1.88 bits per heavy atom. The van der Waals surface area contributed by atoms with Crippen molar-refractivity contribution in [3.05, 3.63) is 53.6 Å². The topological polar surface area (TPSA) is 70.6 Å². The monoisotopic (exact) mass is 325 g/mol. The summed E-state index contributed by atoms with van der Waals surface area (Å²) in [6.45, 7) is 9.47. The average molecular weight is 325 g/mol. The van der Waals surface area contributed by atoms with E-state index in [4.69, 9.17) is 0 Å². The second-order valence-corrected chi connectivity index (χ2v) is 6.13. The van der Waals surface area contributed by atoms with Crippen molar-refractivity contribution in [1.82, 2.24) is 5.43 Å². The standard InChI is InChI=1S/C19H23N3O2/c1-12(2)16-6-5-13(3)18(11-16)21-22-19(24)15-7-9-17(10-8-15)20-14(4)23/h5,7-10,16H,1,6,11H2,2-4H3,(H,20,23)(H,22,24)/b21-18-. The van der Waals surface area contributed by atoms with E-state index in [0.717, 1.165) is 29.7 Å². The van der Waals surface area contributed by atoms with Crippen LogP contribution in [-0.2, 0) is 4.79 Å². The summed E-state index contributed by atoms with van der Waals surface area (Å²) in [5, 5.41) is 6.94. The number of amides is 2. The summed E-state index contributed by atoms with van der Waals surface area (Å²) in [6, 6.07) is 6.68. The third-order valence-corrected chi connectivity index (χ3v) is 4.06. The third-order valence-electron chi connectivity index (χ3n) is 4.06. The molecule has 126 valence electrons. The highest BCUT2D eigenvalue weighted by molar-refractivity contribution is 6.02. The molecule has 5 heteroatoms. The minimum absolute atomic E-state index is 0.148. The summed E-state index contributed by atoms with van der Waals surface area (Å²) >= 11 is 0. The lowest BCUT2D eigenvalue weighted by Crippen LogP contribution is -2.23. The van der Waals surface area contributed by atoms with Gasteiger partial charge in [0, 0.05) is 18.2 Å². The Kier molecular flexibility index (Phi) is 5.68. The molecule has 0 fully saturated rings. The first-order valence-corrected chi connectivity index (χ1v) is 7.94. The molecule has 0 aliphatic heterocycles. The number of carbonyl (C=O) groups excluding carboxylic acids is 2. The number of allylic oxidation sites excluding steroid dienone is 3. The van der Waals surface area contributed by atoms with Crippen LogP contribution < -0.4 is 10.7 Å². The van der Waals surface area contributed by atoms with Crippen molar-refractivity contribution in [2.45, 2.75) is 33.6 Å². The van der Waals surface area contributed by atoms with E-state index in [2.05, 4.69) is 28.5 Å². The lowest BCUT2D eigenvalue weighted by Gasteiger charge is -2.22. The zero-order chi connectivity index (χ0) is 17.7. The molecule has 0 spiro atoms. The highest BCUT2D eigenvalue weighted by Crippen LogP contribution is 2.26. The molecule has 1 atom stereocenters. The Balaban J connectivity index is 2.03. The lowest BCUT2D eigenvalue weighted by atomic mass is 9.85. The quantitative estimate of drug-likeness (QED) is 0.655. The summed E-state index contributed by atoms with van der Waals surface area (Å²) < 4.78 is 0.